The van der Waals surface area contributed by atoms with E-state index in [2.05, 4.69) is 4.18 Å². The molecule has 1 fully saturated rings. The van der Waals surface area contributed by atoms with Crippen molar-refractivity contribution in [2.24, 2.45) is 0 Å². The van der Waals surface area contributed by atoms with Gasteiger partial charge in [-0.1, -0.05) is 12.1 Å². The van der Waals surface area contributed by atoms with E-state index < -0.39 is 76.4 Å². The van der Waals surface area contributed by atoms with Crippen LogP contribution in [0.15, 0.2) is 24.3 Å². The van der Waals surface area contributed by atoms with Crippen LogP contribution < -0.4 is 4.18 Å². The third kappa shape index (κ3) is 7.30. The lowest BCUT2D eigenvalue weighted by Gasteiger charge is -2.44. The molecule has 5 atom stereocenters. The molecule has 0 saturated carbocycles. The van der Waals surface area contributed by atoms with Gasteiger partial charge in [0.2, 0.25) is 0 Å². The maximum Gasteiger partial charge on any atom is 0.534 e. The average molecular weight is 542 g/mol. The van der Waals surface area contributed by atoms with Gasteiger partial charge in [0.1, 0.15) is 24.6 Å². The summed E-state index contributed by atoms with van der Waals surface area (Å²) in [6.07, 6.45) is -7.28. The first-order valence-electron chi connectivity index (χ1n) is 9.99. The zero-order valence-electron chi connectivity index (χ0n) is 18.9. The number of alkyl halides is 3. The summed E-state index contributed by atoms with van der Waals surface area (Å²) >= 11 is 0. The molecule has 0 spiro atoms. The minimum absolute atomic E-state index is 0.00704. The molecular formula is C20H21F3O12S. The lowest BCUT2D eigenvalue weighted by atomic mass is 9.90. The highest BCUT2D eigenvalue weighted by Gasteiger charge is 2.52. The van der Waals surface area contributed by atoms with Crippen LogP contribution in [0, 0.1) is 0 Å². The molecule has 12 nitrogen and oxygen atoms in total. The second-order valence-corrected chi connectivity index (χ2v) is 8.84. The van der Waals surface area contributed by atoms with E-state index in [1.54, 1.807) is 0 Å². The molecule has 0 radical (unpaired) electrons. The van der Waals surface area contributed by atoms with E-state index in [1.807, 2.05) is 0 Å². The summed E-state index contributed by atoms with van der Waals surface area (Å²) < 4.78 is 91.3. The Morgan fingerprint density at radius 1 is 1.00 bits per heavy atom. The predicted molar refractivity (Wildman–Crippen MR) is 108 cm³/mol. The van der Waals surface area contributed by atoms with Crippen molar-refractivity contribution in [3.63, 3.8) is 0 Å². The minimum Gasteiger partial charge on any atom is -0.463 e. The van der Waals surface area contributed by atoms with Crippen LogP contribution in [0.5, 0.6) is 5.75 Å². The number of carbonyl (C=O) groups is 4. The van der Waals surface area contributed by atoms with Crippen LogP contribution in [0.2, 0.25) is 0 Å². The summed E-state index contributed by atoms with van der Waals surface area (Å²) in [5, 5.41) is 0. The van der Waals surface area contributed by atoms with E-state index >= 15 is 0 Å². The Bertz CT molecular complexity index is 1090. The van der Waals surface area contributed by atoms with E-state index in [4.69, 9.17) is 23.7 Å². The smallest absolute Gasteiger partial charge is 0.463 e. The Kier molecular flexibility index (Phi) is 9.26. The van der Waals surface area contributed by atoms with Gasteiger partial charge in [0.05, 0.1) is 0 Å². The fourth-order valence-corrected chi connectivity index (χ4v) is 3.76. The highest BCUT2D eigenvalue weighted by Crippen LogP contribution is 2.39. The topological polar surface area (TPSA) is 158 Å². The fourth-order valence-electron chi connectivity index (χ4n) is 3.31. The van der Waals surface area contributed by atoms with Crippen molar-refractivity contribution in [3.8, 4) is 5.75 Å². The molecule has 0 aromatic heterocycles. The number of ether oxygens (including phenoxy) is 5. The average Bonchev–Trinajstić information content (AvgIpc) is 2.73. The van der Waals surface area contributed by atoms with Gasteiger partial charge in [0.15, 0.2) is 18.3 Å². The van der Waals surface area contributed by atoms with Crippen LogP contribution in [-0.2, 0) is 53.0 Å². The Labute approximate surface area is 202 Å². The van der Waals surface area contributed by atoms with Gasteiger partial charge in [-0.05, 0) is 17.7 Å². The molecule has 1 aromatic rings. The first kappa shape index (κ1) is 28.8. The molecule has 1 heterocycles. The lowest BCUT2D eigenvalue weighted by molar-refractivity contribution is -0.251. The Morgan fingerprint density at radius 3 is 2.14 bits per heavy atom. The SMILES string of the molecule is CC(=O)OCC1OC(c2cccc(OS(=O)(=O)C(F)(F)F)c2)C(OC(C)=O)C(OC(C)=O)C1OC=O. The van der Waals surface area contributed by atoms with Gasteiger partial charge in [-0.25, -0.2) is 0 Å². The molecule has 16 heteroatoms. The van der Waals surface area contributed by atoms with Crippen molar-refractivity contribution in [2.75, 3.05) is 6.61 Å². The summed E-state index contributed by atoms with van der Waals surface area (Å²) in [5.74, 6) is -3.31. The van der Waals surface area contributed by atoms with E-state index in [0.717, 1.165) is 39.0 Å². The van der Waals surface area contributed by atoms with Crippen molar-refractivity contribution in [1.82, 2.24) is 0 Å². The highest BCUT2D eigenvalue weighted by molar-refractivity contribution is 7.88. The van der Waals surface area contributed by atoms with Gasteiger partial charge in [0, 0.05) is 20.8 Å². The highest BCUT2D eigenvalue weighted by atomic mass is 32.2. The van der Waals surface area contributed by atoms with E-state index in [0.29, 0.717) is 0 Å². The molecule has 36 heavy (non-hydrogen) atoms. The molecule has 0 aliphatic carbocycles. The van der Waals surface area contributed by atoms with Gasteiger partial charge >= 0.3 is 33.5 Å². The Morgan fingerprint density at radius 2 is 1.61 bits per heavy atom. The second kappa shape index (κ2) is 11.6. The second-order valence-electron chi connectivity index (χ2n) is 7.30. The van der Waals surface area contributed by atoms with Gasteiger partial charge in [-0.15, -0.1) is 0 Å². The molecule has 5 unspecified atom stereocenters. The van der Waals surface area contributed by atoms with Crippen molar-refractivity contribution in [1.29, 1.82) is 0 Å². The van der Waals surface area contributed by atoms with Gasteiger partial charge in [-0.2, -0.15) is 21.6 Å². The zero-order valence-corrected chi connectivity index (χ0v) is 19.7. The molecular weight excluding hydrogens is 521 g/mol. The van der Waals surface area contributed by atoms with Crippen LogP contribution >= 0.6 is 0 Å². The van der Waals surface area contributed by atoms with Crippen molar-refractivity contribution in [3.05, 3.63) is 29.8 Å². The fraction of sp³-hybridized carbons (Fsp3) is 0.500. The number of rotatable bonds is 9. The summed E-state index contributed by atoms with van der Waals surface area (Å²) in [6.45, 7) is 2.53. The maximum absolute atomic E-state index is 12.7. The van der Waals surface area contributed by atoms with Crippen LogP contribution in [0.1, 0.15) is 32.4 Å². The number of halogens is 3. The summed E-state index contributed by atoms with van der Waals surface area (Å²) in [7, 11) is -6.01. The molecule has 0 N–H and O–H groups in total. The van der Waals surface area contributed by atoms with Crippen LogP contribution in [0.25, 0.3) is 0 Å². The molecule has 1 saturated heterocycles. The number of carbonyl (C=O) groups excluding carboxylic acids is 4. The van der Waals surface area contributed by atoms with Gasteiger partial charge in [0.25, 0.3) is 6.47 Å². The van der Waals surface area contributed by atoms with Crippen LogP contribution in [-0.4, -0.2) is 69.3 Å². The van der Waals surface area contributed by atoms with Crippen molar-refractivity contribution in [2.45, 2.75) is 56.8 Å². The lowest BCUT2D eigenvalue weighted by Crippen LogP contribution is -2.59. The largest absolute Gasteiger partial charge is 0.534 e. The predicted octanol–water partition coefficient (Wildman–Crippen LogP) is 1.32. The molecule has 0 bridgehead atoms. The number of benzene rings is 1. The maximum atomic E-state index is 12.7. The molecule has 1 aliphatic heterocycles. The molecule has 0 amide bonds. The summed E-state index contributed by atoms with van der Waals surface area (Å²) in [5.41, 5.74) is -5.79. The van der Waals surface area contributed by atoms with Crippen LogP contribution in [0.3, 0.4) is 0 Å². The molecule has 2 rings (SSSR count). The van der Waals surface area contributed by atoms with Crippen molar-refractivity contribution < 1.29 is 68.6 Å². The first-order valence-corrected chi connectivity index (χ1v) is 11.4. The Balaban J connectivity index is 2.57. The summed E-state index contributed by atoms with van der Waals surface area (Å²) in [6, 6.07) is 4.16. The van der Waals surface area contributed by atoms with Gasteiger partial charge in [-0.3, -0.25) is 19.2 Å². The van der Waals surface area contributed by atoms with Crippen molar-refractivity contribution >= 4 is 34.5 Å². The molecule has 1 aromatic carbocycles. The minimum atomic E-state index is -6.01. The normalized spacial score (nSPS) is 24.2. The third-order valence-corrected chi connectivity index (χ3v) is 5.56. The molecule has 1 aliphatic rings. The molecule has 200 valence electrons. The first-order chi connectivity index (χ1) is 16.7. The Hall–Kier alpha value is -3.40. The quantitative estimate of drug-likeness (QED) is 0.145. The third-order valence-electron chi connectivity index (χ3n) is 4.58. The van der Waals surface area contributed by atoms with E-state index in [1.165, 1.54) is 6.07 Å². The zero-order chi connectivity index (χ0) is 27.3. The van der Waals surface area contributed by atoms with E-state index in [-0.39, 0.29) is 12.0 Å². The standard InChI is InChI=1S/C20H21F3O12S/c1-10(25)30-8-15-17(31-9-24)19(33-12(3)27)18(32-11(2)26)16(34-15)13-5-4-6-14(7-13)35-36(28,29)20(21,22)23/h4-7,9,15-19H,8H2,1-3H3. The van der Waals surface area contributed by atoms with Crippen LogP contribution in [0.4, 0.5) is 13.2 Å². The number of esters is 3. The number of hydrogen-bond acceptors (Lipinski definition) is 12. The van der Waals surface area contributed by atoms with Gasteiger partial charge < -0.3 is 27.9 Å². The van der Waals surface area contributed by atoms with E-state index in [9.17, 15) is 40.8 Å². The number of hydrogen-bond donors (Lipinski definition) is 0. The summed E-state index contributed by atoms with van der Waals surface area (Å²) in [4.78, 5) is 46.1. The monoisotopic (exact) mass is 542 g/mol.